The number of pyridine rings is 1. The molecule has 4 nitrogen and oxygen atoms in total. The Morgan fingerprint density at radius 3 is 1.85 bits per heavy atom. The zero-order valence-electron chi connectivity index (χ0n) is 39.1. The maximum atomic E-state index is 5.81. The van der Waals surface area contributed by atoms with Gasteiger partial charge in [-0.05, 0) is 96.4 Å². The Balaban J connectivity index is 0.00000507. The van der Waals surface area contributed by atoms with Crippen LogP contribution in [0.3, 0.4) is 0 Å². The van der Waals surface area contributed by atoms with Crippen LogP contribution in [0.25, 0.3) is 83.3 Å². The molecule has 0 bridgehead atoms. The Bertz CT molecular complexity index is 3640. The molecule has 0 unspecified atom stereocenters. The molecule has 8 aromatic carbocycles. The molecule has 1 aliphatic carbocycles. The molecule has 0 radical (unpaired) electrons. The van der Waals surface area contributed by atoms with Crippen molar-refractivity contribution in [2.24, 2.45) is 0 Å². The minimum Gasteiger partial charge on any atom is -0.656 e. The molecule has 0 fully saturated rings. The fraction of sp³-hybridized carbons (Fsp3) is 0.143. The maximum Gasteiger partial charge on any atom is 2.00 e. The van der Waals surface area contributed by atoms with Crippen molar-refractivity contribution in [1.82, 2.24) is 19.5 Å². The number of nitrogens with zero attached hydrogens (tertiary/aromatic N) is 4. The third kappa shape index (κ3) is 6.75. The van der Waals surface area contributed by atoms with Crippen LogP contribution in [0.1, 0.15) is 75.1 Å². The van der Waals surface area contributed by atoms with Gasteiger partial charge in [0.15, 0.2) is 0 Å². The van der Waals surface area contributed by atoms with Crippen LogP contribution in [0.2, 0.25) is 0 Å². The van der Waals surface area contributed by atoms with E-state index in [0.29, 0.717) is 0 Å². The molecule has 0 aliphatic heterocycles. The van der Waals surface area contributed by atoms with Crippen LogP contribution in [-0.4, -0.2) is 14.5 Å². The fourth-order valence-electron chi connectivity index (χ4n) is 10.7. The van der Waals surface area contributed by atoms with E-state index in [0.717, 1.165) is 83.4 Å². The summed E-state index contributed by atoms with van der Waals surface area (Å²) in [4.78, 5) is 16.4. The Morgan fingerprint density at radius 2 is 1.16 bits per heavy atom. The summed E-state index contributed by atoms with van der Waals surface area (Å²) in [7, 11) is 0. The van der Waals surface area contributed by atoms with E-state index in [1.807, 2.05) is 12.3 Å². The van der Waals surface area contributed by atoms with Gasteiger partial charge in [0.2, 0.25) is 0 Å². The summed E-state index contributed by atoms with van der Waals surface area (Å²) < 4.78 is 2.39. The second-order valence-electron chi connectivity index (χ2n) is 20.1. The molecule has 3 heterocycles. The van der Waals surface area contributed by atoms with Gasteiger partial charge in [-0.3, -0.25) is 9.55 Å². The number of imidazole rings is 1. The molecule has 0 N–H and O–H groups in total. The summed E-state index contributed by atoms with van der Waals surface area (Å²) >= 11 is 0. The van der Waals surface area contributed by atoms with Crippen molar-refractivity contribution in [3.8, 4) is 50.5 Å². The predicted octanol–water partition coefficient (Wildman–Crippen LogP) is 15.4. The zero-order valence-corrected chi connectivity index (χ0v) is 41.4. The number of aromatic nitrogens is 4. The molecular weight excluding hydrogens is 1010 g/mol. The number of hydrogen-bond donors (Lipinski definition) is 0. The van der Waals surface area contributed by atoms with Crippen LogP contribution in [-0.2, 0) is 37.3 Å². The minimum absolute atomic E-state index is 0. The number of rotatable bonds is 6. The summed E-state index contributed by atoms with van der Waals surface area (Å²) in [5, 5.41) is 2.27. The van der Waals surface area contributed by atoms with Gasteiger partial charge in [-0.15, -0.1) is 46.4 Å². The van der Waals surface area contributed by atoms with Crippen LogP contribution in [0.4, 0.5) is 0 Å². The Hall–Kier alpha value is -7.13. The predicted molar refractivity (Wildman–Crippen MR) is 277 cm³/mol. The van der Waals surface area contributed by atoms with Gasteiger partial charge in [0.25, 0.3) is 0 Å². The summed E-state index contributed by atoms with van der Waals surface area (Å²) in [6, 6.07) is 71.9. The number of fused-ring (bicyclic) bond motifs is 7. The van der Waals surface area contributed by atoms with Gasteiger partial charge in [0.05, 0.1) is 22.1 Å². The second kappa shape index (κ2) is 16.3. The van der Waals surface area contributed by atoms with Gasteiger partial charge < -0.3 is 4.98 Å². The minimum atomic E-state index is -0.683. The molecule has 12 rings (SSSR count). The van der Waals surface area contributed by atoms with Gasteiger partial charge in [-0.1, -0.05) is 187 Å². The molecule has 0 amide bonds. The second-order valence-corrected chi connectivity index (χ2v) is 20.1. The smallest absolute Gasteiger partial charge is 0.656 e. The van der Waals surface area contributed by atoms with E-state index in [9.17, 15) is 0 Å². The summed E-state index contributed by atoms with van der Waals surface area (Å²) in [6.07, 6.45) is 1.91. The van der Waals surface area contributed by atoms with E-state index in [1.54, 1.807) is 0 Å². The molecule has 0 spiro atoms. The normalized spacial score (nSPS) is 13.1. The van der Waals surface area contributed by atoms with E-state index >= 15 is 0 Å². The van der Waals surface area contributed by atoms with E-state index < -0.39 is 5.41 Å². The van der Waals surface area contributed by atoms with Crippen molar-refractivity contribution in [3.63, 3.8) is 0 Å². The monoisotopic (exact) mass is 1060 g/mol. The molecule has 0 saturated carbocycles. The van der Waals surface area contributed by atoms with Gasteiger partial charge in [0, 0.05) is 17.4 Å². The molecule has 3 aromatic heterocycles. The third-order valence-corrected chi connectivity index (χ3v) is 14.0. The van der Waals surface area contributed by atoms with E-state index in [4.69, 9.17) is 15.0 Å². The van der Waals surface area contributed by atoms with Crippen molar-refractivity contribution in [1.29, 1.82) is 0 Å². The van der Waals surface area contributed by atoms with Gasteiger partial charge in [-0.25, -0.2) is 4.98 Å². The molecular formula is C63H50N4Pt. The Kier molecular flexibility index (Phi) is 10.4. The van der Waals surface area contributed by atoms with Crippen molar-refractivity contribution in [3.05, 3.63) is 234 Å². The molecule has 332 valence electrons. The van der Waals surface area contributed by atoms with Crippen molar-refractivity contribution < 1.29 is 21.1 Å². The average Bonchev–Trinajstić information content (AvgIpc) is 4.03. The SMILES string of the molecule is CC(C)(C)c1cc(-n2c(-c3ccc(-c4ccccc4)c4c3[n-]c3ccccc34)nc3c(-c4[c-]c(C5(c6ccccn6)c6ccccc6-c6ccccc65)ccc4)cccc32)cc(C(C)(C)C)c1.[Pt+2]. The van der Waals surface area contributed by atoms with Crippen molar-refractivity contribution in [2.75, 3.05) is 0 Å². The van der Waals surface area contributed by atoms with E-state index in [-0.39, 0.29) is 31.9 Å². The van der Waals surface area contributed by atoms with Crippen LogP contribution in [0, 0.1) is 6.07 Å². The van der Waals surface area contributed by atoms with Crippen LogP contribution < -0.4 is 4.98 Å². The zero-order chi connectivity index (χ0) is 45.7. The third-order valence-electron chi connectivity index (χ3n) is 14.0. The van der Waals surface area contributed by atoms with E-state index in [1.165, 1.54) is 33.4 Å². The fourth-order valence-corrected chi connectivity index (χ4v) is 10.7. The number of benzene rings is 8. The summed E-state index contributed by atoms with van der Waals surface area (Å²) in [5.41, 5.74) is 18.7. The molecule has 68 heavy (non-hydrogen) atoms. The van der Waals surface area contributed by atoms with Crippen LogP contribution in [0.5, 0.6) is 0 Å². The van der Waals surface area contributed by atoms with Crippen molar-refractivity contribution in [2.45, 2.75) is 57.8 Å². The Labute approximate surface area is 413 Å². The first-order valence-electron chi connectivity index (χ1n) is 23.4. The van der Waals surface area contributed by atoms with Crippen molar-refractivity contribution >= 4 is 32.8 Å². The van der Waals surface area contributed by atoms with Gasteiger partial charge >= 0.3 is 21.1 Å². The first kappa shape index (κ1) is 43.4. The van der Waals surface area contributed by atoms with E-state index in [2.05, 4.69) is 234 Å². The van der Waals surface area contributed by atoms with Crippen LogP contribution in [0.15, 0.2) is 194 Å². The standard InChI is InChI=1S/C63H50N4.Pt/c1-61(2,3)43-37-44(62(4,5)6)39-45(38-43)67-55-31-19-27-47(58(55)66-60(67)51-34-33-46(40-20-8-7-9-21-40)57-50-26-12-15-30-54(50)65-59(51)57)41-22-18-23-42(36-41)63(56-32-16-17-35-64-56)52-28-13-10-24-48(52)49-25-11-14-29-53(49)63;/h7-35,37-39H,1-6H3;/q-2;+2. The first-order chi connectivity index (χ1) is 32.5. The van der Waals surface area contributed by atoms with Crippen LogP contribution >= 0.6 is 0 Å². The molecule has 5 heteroatoms. The summed E-state index contributed by atoms with van der Waals surface area (Å²) in [6.45, 7) is 13.8. The van der Waals surface area contributed by atoms with Gasteiger partial charge in [0.1, 0.15) is 5.82 Å². The average molecular weight is 1060 g/mol. The number of hydrogen-bond acceptors (Lipinski definition) is 2. The van der Waals surface area contributed by atoms with Gasteiger partial charge in [-0.2, -0.15) is 0 Å². The first-order valence-corrected chi connectivity index (χ1v) is 23.4. The quantitative estimate of drug-likeness (QED) is 0.156. The maximum absolute atomic E-state index is 5.81. The molecule has 11 aromatic rings. The largest absolute Gasteiger partial charge is 2.00 e. The molecule has 0 saturated heterocycles. The topological polar surface area (TPSA) is 44.8 Å². The Morgan fingerprint density at radius 1 is 0.544 bits per heavy atom. The summed E-state index contributed by atoms with van der Waals surface area (Å²) in [5.74, 6) is 0.848. The molecule has 1 aliphatic rings. The molecule has 0 atom stereocenters. The number of para-hydroxylation sites is 2.